The normalized spacial score (nSPS) is 11.3. The molecular weight excluding hydrogens is 398 g/mol. The highest BCUT2D eigenvalue weighted by Gasteiger charge is 2.20. The van der Waals surface area contributed by atoms with Crippen LogP contribution in [0.5, 0.6) is 0 Å². The number of aryl methyl sites for hydroxylation is 1. The van der Waals surface area contributed by atoms with Gasteiger partial charge in [0.1, 0.15) is 0 Å². The zero-order chi connectivity index (χ0) is 18.9. The summed E-state index contributed by atoms with van der Waals surface area (Å²) in [5, 5.41) is 11.6. The van der Waals surface area contributed by atoms with E-state index in [9.17, 15) is 18.5 Å². The first-order valence-electron chi connectivity index (χ1n) is 7.27. The number of nitro groups is 1. The summed E-state index contributed by atoms with van der Waals surface area (Å²) in [7, 11) is -4.00. The Bertz CT molecular complexity index is 1100. The molecule has 1 heterocycles. The van der Waals surface area contributed by atoms with Crippen molar-refractivity contribution in [1.29, 1.82) is 0 Å². The number of aromatic nitrogens is 1. The number of sulfonamides is 1. The van der Waals surface area contributed by atoms with Crippen molar-refractivity contribution in [3.05, 3.63) is 68.5 Å². The van der Waals surface area contributed by atoms with Gasteiger partial charge in [-0.15, -0.1) is 11.3 Å². The third-order valence-corrected chi connectivity index (χ3v) is 6.04. The fourth-order valence-electron chi connectivity index (χ4n) is 2.28. The number of non-ortho nitro benzene ring substituents is 1. The molecule has 0 saturated carbocycles. The molecule has 26 heavy (non-hydrogen) atoms. The highest BCUT2D eigenvalue weighted by Crippen LogP contribution is 2.32. The number of hydrogen-bond acceptors (Lipinski definition) is 6. The van der Waals surface area contributed by atoms with Gasteiger partial charge >= 0.3 is 0 Å². The molecule has 0 aliphatic heterocycles. The van der Waals surface area contributed by atoms with Crippen molar-refractivity contribution in [3.63, 3.8) is 0 Å². The van der Waals surface area contributed by atoms with E-state index >= 15 is 0 Å². The topological polar surface area (TPSA) is 102 Å². The summed E-state index contributed by atoms with van der Waals surface area (Å²) in [6.07, 6.45) is 0. The van der Waals surface area contributed by atoms with E-state index < -0.39 is 14.9 Å². The molecule has 0 radical (unpaired) electrons. The smallest absolute Gasteiger partial charge is 0.258 e. The van der Waals surface area contributed by atoms with Gasteiger partial charge in [0.25, 0.3) is 15.7 Å². The predicted octanol–water partition coefficient (Wildman–Crippen LogP) is 4.48. The summed E-state index contributed by atoms with van der Waals surface area (Å²) in [5.74, 6) is 0. The molecule has 134 valence electrons. The lowest BCUT2D eigenvalue weighted by atomic mass is 10.1. The molecule has 0 unspecified atom stereocenters. The third kappa shape index (κ3) is 3.85. The number of anilines is 1. The molecule has 0 aliphatic rings. The monoisotopic (exact) mass is 409 g/mol. The van der Waals surface area contributed by atoms with Crippen molar-refractivity contribution in [1.82, 2.24) is 4.98 Å². The van der Waals surface area contributed by atoms with Crippen LogP contribution in [0.25, 0.3) is 11.3 Å². The van der Waals surface area contributed by atoms with E-state index in [1.807, 2.05) is 13.0 Å². The number of hydrogen-bond donors (Lipinski definition) is 1. The average molecular weight is 410 g/mol. The van der Waals surface area contributed by atoms with E-state index in [0.29, 0.717) is 10.7 Å². The van der Waals surface area contributed by atoms with Crippen LogP contribution in [0.15, 0.2) is 53.4 Å². The Morgan fingerprint density at radius 2 is 1.92 bits per heavy atom. The van der Waals surface area contributed by atoms with E-state index in [1.165, 1.54) is 29.5 Å². The summed E-state index contributed by atoms with van der Waals surface area (Å²) in [6, 6.07) is 11.9. The molecule has 0 spiro atoms. The number of thiazole rings is 1. The van der Waals surface area contributed by atoms with Crippen LogP contribution in [0, 0.1) is 17.0 Å². The van der Waals surface area contributed by atoms with Crippen molar-refractivity contribution in [2.75, 3.05) is 4.72 Å². The van der Waals surface area contributed by atoms with E-state index in [1.54, 1.807) is 18.2 Å². The van der Waals surface area contributed by atoms with Gasteiger partial charge < -0.3 is 0 Å². The number of nitro benzene ring substituents is 1. The van der Waals surface area contributed by atoms with Crippen LogP contribution >= 0.6 is 22.9 Å². The van der Waals surface area contributed by atoms with Gasteiger partial charge in [-0.05, 0) is 25.1 Å². The molecule has 0 atom stereocenters. The number of nitrogens with one attached hydrogen (secondary N) is 1. The van der Waals surface area contributed by atoms with Gasteiger partial charge in [-0.3, -0.25) is 14.8 Å². The molecule has 0 saturated heterocycles. The molecule has 0 aliphatic carbocycles. The second-order valence-corrected chi connectivity index (χ2v) is 8.62. The van der Waals surface area contributed by atoms with E-state index in [2.05, 4.69) is 9.71 Å². The maximum atomic E-state index is 12.5. The Kier molecular flexibility index (Phi) is 4.94. The Balaban J connectivity index is 1.93. The summed E-state index contributed by atoms with van der Waals surface area (Å²) < 4.78 is 27.4. The van der Waals surface area contributed by atoms with Gasteiger partial charge in [0, 0.05) is 27.6 Å². The fraction of sp³-hybridized carbons (Fsp3) is 0.0625. The maximum absolute atomic E-state index is 12.5. The van der Waals surface area contributed by atoms with Crippen molar-refractivity contribution >= 4 is 43.8 Å². The molecular formula is C16H12ClN3O4S2. The Morgan fingerprint density at radius 3 is 2.62 bits per heavy atom. The van der Waals surface area contributed by atoms with Gasteiger partial charge in [0.2, 0.25) is 0 Å². The largest absolute Gasteiger partial charge is 0.270 e. The van der Waals surface area contributed by atoms with Crippen molar-refractivity contribution in [2.45, 2.75) is 11.8 Å². The second-order valence-electron chi connectivity index (χ2n) is 5.29. The Hall–Kier alpha value is -2.49. The van der Waals surface area contributed by atoms with Crippen LogP contribution in [0.2, 0.25) is 5.02 Å². The quantitative estimate of drug-likeness (QED) is 0.494. The standard InChI is InChI=1S/C16H12ClN3O4S2/c1-10-15(11-4-2-5-12(17)8-11)18-16(25-10)19-26(23,24)14-7-3-6-13(9-14)20(21)22/h2-9H,1H3,(H,18,19). The molecule has 0 bridgehead atoms. The van der Waals surface area contributed by atoms with Crippen LogP contribution in [0.1, 0.15) is 4.88 Å². The minimum atomic E-state index is -4.00. The van der Waals surface area contributed by atoms with Crippen LogP contribution in [0.4, 0.5) is 10.8 Å². The number of halogens is 1. The van der Waals surface area contributed by atoms with Gasteiger partial charge in [-0.2, -0.15) is 0 Å². The van der Waals surface area contributed by atoms with E-state index in [4.69, 9.17) is 11.6 Å². The lowest BCUT2D eigenvalue weighted by Gasteiger charge is -2.04. The highest BCUT2D eigenvalue weighted by molar-refractivity contribution is 7.93. The SMILES string of the molecule is Cc1sc(NS(=O)(=O)c2cccc([N+](=O)[O-])c2)nc1-c1cccc(Cl)c1. The maximum Gasteiger partial charge on any atom is 0.270 e. The molecule has 1 aromatic heterocycles. The fourth-order valence-corrected chi connectivity index (χ4v) is 4.58. The van der Waals surface area contributed by atoms with Crippen LogP contribution < -0.4 is 4.72 Å². The molecule has 0 fully saturated rings. The summed E-state index contributed by atoms with van der Waals surface area (Å²) in [5.41, 5.74) is 1.09. The van der Waals surface area contributed by atoms with Crippen molar-refractivity contribution < 1.29 is 13.3 Å². The average Bonchev–Trinajstić information content (AvgIpc) is 2.94. The number of benzene rings is 2. The van der Waals surface area contributed by atoms with Gasteiger partial charge in [-0.25, -0.2) is 13.4 Å². The van der Waals surface area contributed by atoms with Crippen LogP contribution in [-0.2, 0) is 10.0 Å². The van der Waals surface area contributed by atoms with Gasteiger partial charge in [0.15, 0.2) is 5.13 Å². The number of nitrogens with zero attached hydrogens (tertiary/aromatic N) is 2. The van der Waals surface area contributed by atoms with Crippen LogP contribution in [-0.4, -0.2) is 18.3 Å². The van der Waals surface area contributed by atoms with Gasteiger partial charge in [-0.1, -0.05) is 29.8 Å². The summed E-state index contributed by atoms with van der Waals surface area (Å²) in [6.45, 7) is 1.82. The molecule has 3 aromatic rings. The third-order valence-electron chi connectivity index (χ3n) is 3.46. The summed E-state index contributed by atoms with van der Waals surface area (Å²) >= 11 is 7.16. The molecule has 0 amide bonds. The molecule has 3 rings (SSSR count). The molecule has 10 heteroatoms. The molecule has 2 aromatic carbocycles. The minimum absolute atomic E-state index is 0.170. The summed E-state index contributed by atoms with van der Waals surface area (Å²) in [4.78, 5) is 15.1. The first kappa shape index (κ1) is 18.3. The minimum Gasteiger partial charge on any atom is -0.258 e. The lowest BCUT2D eigenvalue weighted by Crippen LogP contribution is -2.13. The Labute approximate surface area is 158 Å². The molecule has 1 N–H and O–H groups in total. The first-order valence-corrected chi connectivity index (χ1v) is 9.95. The van der Waals surface area contributed by atoms with Gasteiger partial charge in [0.05, 0.1) is 15.5 Å². The van der Waals surface area contributed by atoms with E-state index in [0.717, 1.165) is 16.5 Å². The molecule has 7 nitrogen and oxygen atoms in total. The zero-order valence-corrected chi connectivity index (χ0v) is 15.7. The lowest BCUT2D eigenvalue weighted by molar-refractivity contribution is -0.385. The first-order chi connectivity index (χ1) is 12.3. The van der Waals surface area contributed by atoms with Crippen LogP contribution in [0.3, 0.4) is 0 Å². The van der Waals surface area contributed by atoms with E-state index in [-0.39, 0.29) is 15.7 Å². The van der Waals surface area contributed by atoms with Crippen molar-refractivity contribution in [2.24, 2.45) is 0 Å². The number of rotatable bonds is 5. The Morgan fingerprint density at radius 1 is 1.19 bits per heavy atom. The highest BCUT2D eigenvalue weighted by atomic mass is 35.5. The predicted molar refractivity (Wildman–Crippen MR) is 101 cm³/mol. The zero-order valence-electron chi connectivity index (χ0n) is 13.3. The second kappa shape index (κ2) is 7.02. The van der Waals surface area contributed by atoms with Crippen molar-refractivity contribution in [3.8, 4) is 11.3 Å².